The van der Waals surface area contributed by atoms with Crippen LogP contribution in [0.2, 0.25) is 0 Å². The highest BCUT2D eigenvalue weighted by Gasteiger charge is 2.19. The summed E-state index contributed by atoms with van der Waals surface area (Å²) in [6.45, 7) is 5.00. The van der Waals surface area contributed by atoms with Crippen molar-refractivity contribution >= 4 is 5.91 Å². The zero-order valence-corrected chi connectivity index (χ0v) is 14.5. The lowest BCUT2D eigenvalue weighted by Gasteiger charge is -2.21. The molecule has 3 nitrogen and oxygen atoms in total. The van der Waals surface area contributed by atoms with Crippen molar-refractivity contribution in [1.29, 1.82) is 0 Å². The highest BCUT2D eigenvalue weighted by Crippen LogP contribution is 2.27. The molecule has 1 atom stereocenters. The van der Waals surface area contributed by atoms with Gasteiger partial charge in [-0.2, -0.15) is 0 Å². The summed E-state index contributed by atoms with van der Waals surface area (Å²) in [6, 6.07) is 17.5. The van der Waals surface area contributed by atoms with Gasteiger partial charge in [-0.25, -0.2) is 0 Å². The topological polar surface area (TPSA) is 49.3 Å². The van der Waals surface area contributed by atoms with Gasteiger partial charge in [-0.05, 0) is 47.9 Å². The van der Waals surface area contributed by atoms with Gasteiger partial charge in [0.15, 0.2) is 0 Å². The highest BCUT2D eigenvalue weighted by atomic mass is 16.3. The molecule has 0 saturated heterocycles. The average molecular weight is 325 g/mol. The normalized spacial score (nSPS) is 12.1. The van der Waals surface area contributed by atoms with Crippen LogP contribution in [0, 0.1) is 5.92 Å². The second kappa shape index (κ2) is 9.11. The standard InChI is InChI=1S/C21H27NO2/c1-16(2)20(18-8-4-3-5-9-18)15-21(24)22-14-6-7-17-10-12-19(23)13-11-17/h3-5,8-13,16,20,23H,6-7,14-15H2,1-2H3,(H,22,24). The smallest absolute Gasteiger partial charge is 0.220 e. The number of nitrogens with one attached hydrogen (secondary N) is 1. The van der Waals surface area contributed by atoms with E-state index in [0.29, 0.717) is 18.9 Å². The van der Waals surface area contributed by atoms with Gasteiger partial charge in [0.05, 0.1) is 0 Å². The lowest BCUT2D eigenvalue weighted by atomic mass is 9.85. The molecule has 128 valence electrons. The van der Waals surface area contributed by atoms with Crippen molar-refractivity contribution in [3.63, 3.8) is 0 Å². The largest absolute Gasteiger partial charge is 0.508 e. The fourth-order valence-electron chi connectivity index (χ4n) is 2.89. The van der Waals surface area contributed by atoms with Gasteiger partial charge in [-0.3, -0.25) is 4.79 Å². The maximum absolute atomic E-state index is 12.2. The number of aromatic hydroxyl groups is 1. The third-order valence-electron chi connectivity index (χ3n) is 4.34. The number of phenolic OH excluding ortho intramolecular Hbond substituents is 1. The molecule has 2 aromatic carbocycles. The number of aryl methyl sites for hydroxylation is 1. The van der Waals surface area contributed by atoms with E-state index in [1.165, 1.54) is 11.1 Å². The average Bonchev–Trinajstić information content (AvgIpc) is 2.58. The van der Waals surface area contributed by atoms with E-state index in [9.17, 15) is 9.90 Å². The molecule has 2 N–H and O–H groups in total. The van der Waals surface area contributed by atoms with Gasteiger partial charge in [0.1, 0.15) is 5.75 Å². The van der Waals surface area contributed by atoms with E-state index in [-0.39, 0.29) is 17.6 Å². The van der Waals surface area contributed by atoms with Crippen LogP contribution in [0.15, 0.2) is 54.6 Å². The van der Waals surface area contributed by atoms with E-state index < -0.39 is 0 Å². The van der Waals surface area contributed by atoms with Gasteiger partial charge < -0.3 is 10.4 Å². The molecule has 2 aromatic rings. The molecule has 0 bridgehead atoms. The lowest BCUT2D eigenvalue weighted by Crippen LogP contribution is -2.27. The summed E-state index contributed by atoms with van der Waals surface area (Å²) >= 11 is 0. The molecule has 0 aliphatic carbocycles. The van der Waals surface area contributed by atoms with Crippen molar-refractivity contribution in [2.45, 2.75) is 39.0 Å². The Morgan fingerprint density at radius 2 is 1.71 bits per heavy atom. The van der Waals surface area contributed by atoms with Gasteiger partial charge in [-0.1, -0.05) is 56.3 Å². The van der Waals surface area contributed by atoms with Crippen LogP contribution in [0.4, 0.5) is 0 Å². The Morgan fingerprint density at radius 1 is 1.04 bits per heavy atom. The molecule has 1 unspecified atom stereocenters. The third kappa shape index (κ3) is 5.73. The van der Waals surface area contributed by atoms with Crippen molar-refractivity contribution in [2.24, 2.45) is 5.92 Å². The van der Waals surface area contributed by atoms with Crippen molar-refractivity contribution in [3.8, 4) is 5.75 Å². The molecular formula is C21H27NO2. The van der Waals surface area contributed by atoms with Crippen molar-refractivity contribution in [2.75, 3.05) is 6.54 Å². The minimum Gasteiger partial charge on any atom is -0.508 e. The minimum absolute atomic E-state index is 0.114. The van der Waals surface area contributed by atoms with Gasteiger partial charge in [0, 0.05) is 13.0 Å². The molecule has 2 rings (SSSR count). The predicted octanol–water partition coefficient (Wildman–Crippen LogP) is 4.27. The maximum Gasteiger partial charge on any atom is 0.220 e. The SMILES string of the molecule is CC(C)C(CC(=O)NCCCc1ccc(O)cc1)c1ccccc1. The van der Waals surface area contributed by atoms with Crippen LogP contribution in [-0.4, -0.2) is 17.6 Å². The number of carbonyl (C=O) groups is 1. The molecule has 1 amide bonds. The summed E-state index contributed by atoms with van der Waals surface area (Å²) in [5.41, 5.74) is 2.40. The number of phenols is 1. The first-order chi connectivity index (χ1) is 11.6. The van der Waals surface area contributed by atoms with Crippen LogP contribution in [0.5, 0.6) is 5.75 Å². The number of rotatable bonds is 8. The summed E-state index contributed by atoms with van der Waals surface area (Å²) in [5, 5.41) is 12.3. The molecule has 0 heterocycles. The molecule has 3 heteroatoms. The fraction of sp³-hybridized carbons (Fsp3) is 0.381. The number of carbonyl (C=O) groups excluding carboxylic acids is 1. The predicted molar refractivity (Wildman–Crippen MR) is 98.1 cm³/mol. The summed E-state index contributed by atoms with van der Waals surface area (Å²) in [7, 11) is 0. The maximum atomic E-state index is 12.2. The molecule has 0 radical (unpaired) electrons. The van der Waals surface area contributed by atoms with Crippen LogP contribution in [0.25, 0.3) is 0 Å². The molecule has 0 spiro atoms. The van der Waals surface area contributed by atoms with Crippen molar-refractivity contribution in [1.82, 2.24) is 5.32 Å². The zero-order chi connectivity index (χ0) is 17.4. The quantitative estimate of drug-likeness (QED) is 0.712. The third-order valence-corrected chi connectivity index (χ3v) is 4.34. The Labute approximate surface area is 144 Å². The summed E-state index contributed by atoms with van der Waals surface area (Å²) in [4.78, 5) is 12.2. The van der Waals surface area contributed by atoms with Gasteiger partial charge in [-0.15, -0.1) is 0 Å². The number of hydrogen-bond donors (Lipinski definition) is 2. The Hall–Kier alpha value is -2.29. The van der Waals surface area contributed by atoms with E-state index in [1.54, 1.807) is 12.1 Å². The molecule has 0 aliphatic rings. The summed E-state index contributed by atoms with van der Waals surface area (Å²) in [6.07, 6.45) is 2.32. The molecule has 0 aromatic heterocycles. The first kappa shape index (κ1) is 18.1. The lowest BCUT2D eigenvalue weighted by molar-refractivity contribution is -0.121. The Bertz CT molecular complexity index is 620. The number of benzene rings is 2. The first-order valence-electron chi connectivity index (χ1n) is 8.66. The van der Waals surface area contributed by atoms with Crippen molar-refractivity contribution in [3.05, 3.63) is 65.7 Å². The van der Waals surface area contributed by atoms with Gasteiger partial charge >= 0.3 is 0 Å². The van der Waals surface area contributed by atoms with Gasteiger partial charge in [0.2, 0.25) is 5.91 Å². The first-order valence-corrected chi connectivity index (χ1v) is 8.66. The van der Waals surface area contributed by atoms with E-state index >= 15 is 0 Å². The summed E-state index contributed by atoms with van der Waals surface area (Å²) < 4.78 is 0. The minimum atomic E-state index is 0.114. The van der Waals surface area contributed by atoms with E-state index in [0.717, 1.165) is 12.8 Å². The monoisotopic (exact) mass is 325 g/mol. The Morgan fingerprint density at radius 3 is 2.33 bits per heavy atom. The van der Waals surface area contributed by atoms with Crippen LogP contribution < -0.4 is 5.32 Å². The Kier molecular flexibility index (Phi) is 6.86. The number of amides is 1. The molecule has 24 heavy (non-hydrogen) atoms. The second-order valence-electron chi connectivity index (χ2n) is 6.59. The zero-order valence-electron chi connectivity index (χ0n) is 14.5. The Balaban J connectivity index is 1.76. The second-order valence-corrected chi connectivity index (χ2v) is 6.59. The van der Waals surface area contributed by atoms with Crippen molar-refractivity contribution < 1.29 is 9.90 Å². The van der Waals surface area contributed by atoms with Crippen LogP contribution >= 0.6 is 0 Å². The van der Waals surface area contributed by atoms with Crippen LogP contribution in [0.3, 0.4) is 0 Å². The van der Waals surface area contributed by atoms with Crippen LogP contribution in [0.1, 0.15) is 43.7 Å². The summed E-state index contributed by atoms with van der Waals surface area (Å²) in [5.74, 6) is 1.08. The fourth-order valence-corrected chi connectivity index (χ4v) is 2.89. The van der Waals surface area contributed by atoms with E-state index in [1.807, 2.05) is 30.3 Å². The molecular weight excluding hydrogens is 298 g/mol. The molecule has 0 saturated carbocycles. The van der Waals surface area contributed by atoms with Crippen LogP contribution in [-0.2, 0) is 11.2 Å². The highest BCUT2D eigenvalue weighted by molar-refractivity contribution is 5.76. The number of hydrogen-bond acceptors (Lipinski definition) is 2. The molecule has 0 aliphatic heterocycles. The van der Waals surface area contributed by atoms with E-state index in [4.69, 9.17) is 0 Å². The van der Waals surface area contributed by atoms with E-state index in [2.05, 4.69) is 31.3 Å². The molecule has 0 fully saturated rings. The van der Waals surface area contributed by atoms with Gasteiger partial charge in [0.25, 0.3) is 0 Å².